The summed E-state index contributed by atoms with van der Waals surface area (Å²) in [6.45, 7) is 6.10. The van der Waals surface area contributed by atoms with E-state index in [1.54, 1.807) is 6.08 Å². The molecule has 0 aromatic heterocycles. The second kappa shape index (κ2) is 7.84. The summed E-state index contributed by atoms with van der Waals surface area (Å²) in [6.07, 6.45) is 1.66. The zero-order chi connectivity index (χ0) is 13.4. The summed E-state index contributed by atoms with van der Waals surface area (Å²) in [4.78, 5) is 24.6. The Morgan fingerprint density at radius 3 is 3.06 bits per heavy atom. The lowest BCUT2D eigenvalue weighted by Crippen LogP contribution is -2.47. The van der Waals surface area contributed by atoms with Gasteiger partial charge in [0, 0.05) is 19.6 Å². The Morgan fingerprint density at radius 2 is 2.39 bits per heavy atom. The molecule has 1 amide bonds. The molecule has 0 aromatic carbocycles. The Balaban J connectivity index is 2.32. The maximum absolute atomic E-state index is 11.5. The quantitative estimate of drug-likeness (QED) is 0.515. The van der Waals surface area contributed by atoms with E-state index in [0.717, 1.165) is 0 Å². The predicted octanol–water partition coefficient (Wildman–Crippen LogP) is -0.447. The largest absolute Gasteiger partial charge is 0.469 e. The first-order valence-electron chi connectivity index (χ1n) is 5.94. The molecule has 6 nitrogen and oxygen atoms in total. The lowest BCUT2D eigenvalue weighted by molar-refractivity contribution is -0.145. The van der Waals surface area contributed by atoms with Crippen LogP contribution in [0.4, 0.5) is 0 Å². The number of hydrogen-bond acceptors (Lipinski definition) is 5. The Bertz CT molecular complexity index is 306. The molecule has 1 aliphatic heterocycles. The number of ether oxygens (including phenoxy) is 2. The number of carbonyl (C=O) groups excluding carboxylic acids is 2. The fourth-order valence-electron chi connectivity index (χ4n) is 1.76. The first kappa shape index (κ1) is 14.7. The van der Waals surface area contributed by atoms with Gasteiger partial charge in [0.15, 0.2) is 0 Å². The highest BCUT2D eigenvalue weighted by molar-refractivity contribution is 5.78. The number of rotatable bonds is 6. The summed E-state index contributed by atoms with van der Waals surface area (Å²) < 4.78 is 10.0. The van der Waals surface area contributed by atoms with Crippen molar-refractivity contribution in [2.75, 3.05) is 39.9 Å². The number of morpholine rings is 1. The molecule has 0 aliphatic carbocycles. The minimum atomic E-state index is -0.294. The Kier molecular flexibility index (Phi) is 6.38. The third-order valence-electron chi connectivity index (χ3n) is 2.66. The summed E-state index contributed by atoms with van der Waals surface area (Å²) in [7, 11) is 1.35. The van der Waals surface area contributed by atoms with E-state index in [1.807, 2.05) is 4.90 Å². The standard InChI is InChI=1S/C12H20N2O4/c1-3-4-13-11(15)9-14-5-6-18-10(8-14)7-12(16)17-2/h3,10H,1,4-9H2,2H3,(H,13,15). The number of methoxy groups -OCH3 is 1. The number of nitrogens with one attached hydrogen (secondary N) is 1. The molecule has 1 atom stereocenters. The summed E-state index contributed by atoms with van der Waals surface area (Å²) in [5, 5.41) is 2.72. The number of nitrogens with zero attached hydrogens (tertiary/aromatic N) is 1. The topological polar surface area (TPSA) is 67.9 Å². The number of amides is 1. The minimum absolute atomic E-state index is 0.0476. The van der Waals surface area contributed by atoms with E-state index in [0.29, 0.717) is 32.8 Å². The van der Waals surface area contributed by atoms with Crippen LogP contribution in [-0.2, 0) is 19.1 Å². The minimum Gasteiger partial charge on any atom is -0.469 e. The maximum atomic E-state index is 11.5. The van der Waals surface area contributed by atoms with Crippen LogP contribution >= 0.6 is 0 Å². The smallest absolute Gasteiger partial charge is 0.308 e. The van der Waals surface area contributed by atoms with Crippen LogP contribution in [0.3, 0.4) is 0 Å². The molecule has 6 heteroatoms. The summed E-state index contributed by atoms with van der Waals surface area (Å²) in [6, 6.07) is 0. The molecule has 1 saturated heterocycles. The van der Waals surface area contributed by atoms with E-state index in [1.165, 1.54) is 7.11 Å². The second-order valence-electron chi connectivity index (χ2n) is 4.10. The molecule has 18 heavy (non-hydrogen) atoms. The van der Waals surface area contributed by atoms with Gasteiger partial charge in [-0.2, -0.15) is 0 Å². The third-order valence-corrected chi connectivity index (χ3v) is 2.66. The van der Waals surface area contributed by atoms with Gasteiger partial charge in [0.25, 0.3) is 0 Å². The average Bonchev–Trinajstić information content (AvgIpc) is 2.36. The number of hydrogen-bond donors (Lipinski definition) is 1. The molecule has 1 rings (SSSR count). The van der Waals surface area contributed by atoms with Crippen LogP contribution in [0.1, 0.15) is 6.42 Å². The fraction of sp³-hybridized carbons (Fsp3) is 0.667. The molecular formula is C12H20N2O4. The van der Waals surface area contributed by atoms with Crippen LogP contribution in [0.25, 0.3) is 0 Å². The lowest BCUT2D eigenvalue weighted by atomic mass is 10.2. The van der Waals surface area contributed by atoms with Crippen LogP contribution in [0.15, 0.2) is 12.7 Å². The summed E-state index contributed by atoms with van der Waals surface area (Å²) in [5.74, 6) is -0.341. The molecule has 1 aliphatic rings. The van der Waals surface area contributed by atoms with Gasteiger partial charge in [-0.15, -0.1) is 6.58 Å². The van der Waals surface area contributed by atoms with Crippen molar-refractivity contribution in [2.45, 2.75) is 12.5 Å². The van der Waals surface area contributed by atoms with Crippen LogP contribution < -0.4 is 5.32 Å². The van der Waals surface area contributed by atoms with Crippen molar-refractivity contribution < 1.29 is 19.1 Å². The summed E-state index contributed by atoms with van der Waals surface area (Å²) in [5.41, 5.74) is 0. The van der Waals surface area contributed by atoms with Crippen molar-refractivity contribution >= 4 is 11.9 Å². The molecule has 1 N–H and O–H groups in total. The van der Waals surface area contributed by atoms with Gasteiger partial charge in [-0.05, 0) is 0 Å². The fourth-order valence-corrected chi connectivity index (χ4v) is 1.76. The summed E-state index contributed by atoms with van der Waals surface area (Å²) >= 11 is 0. The van der Waals surface area contributed by atoms with Gasteiger partial charge in [0.05, 0.1) is 32.8 Å². The van der Waals surface area contributed by atoms with E-state index in [2.05, 4.69) is 16.6 Å². The van der Waals surface area contributed by atoms with Crippen LogP contribution in [0, 0.1) is 0 Å². The molecule has 0 bridgehead atoms. The van der Waals surface area contributed by atoms with Gasteiger partial charge in [0.2, 0.25) is 5.91 Å². The maximum Gasteiger partial charge on any atom is 0.308 e. The number of esters is 1. The predicted molar refractivity (Wildman–Crippen MR) is 66.0 cm³/mol. The van der Waals surface area contributed by atoms with Gasteiger partial charge in [-0.3, -0.25) is 14.5 Å². The second-order valence-corrected chi connectivity index (χ2v) is 4.10. The van der Waals surface area contributed by atoms with Gasteiger partial charge >= 0.3 is 5.97 Å². The molecule has 0 saturated carbocycles. The number of carbonyl (C=O) groups is 2. The highest BCUT2D eigenvalue weighted by Gasteiger charge is 2.24. The van der Waals surface area contributed by atoms with Crippen molar-refractivity contribution in [1.82, 2.24) is 10.2 Å². The van der Waals surface area contributed by atoms with Crippen LogP contribution in [-0.4, -0.2) is 62.8 Å². The molecule has 102 valence electrons. The highest BCUT2D eigenvalue weighted by Crippen LogP contribution is 2.08. The van der Waals surface area contributed by atoms with Crippen molar-refractivity contribution in [2.24, 2.45) is 0 Å². The molecule has 0 radical (unpaired) electrons. The third kappa shape index (κ3) is 5.29. The SMILES string of the molecule is C=CCNC(=O)CN1CCOC(CC(=O)OC)C1. The van der Waals surface area contributed by atoms with E-state index >= 15 is 0 Å². The Morgan fingerprint density at radius 1 is 1.61 bits per heavy atom. The molecule has 1 fully saturated rings. The molecular weight excluding hydrogens is 236 g/mol. The zero-order valence-electron chi connectivity index (χ0n) is 10.7. The monoisotopic (exact) mass is 256 g/mol. The lowest BCUT2D eigenvalue weighted by Gasteiger charge is -2.31. The molecule has 0 spiro atoms. The van der Waals surface area contributed by atoms with Crippen LogP contribution in [0.5, 0.6) is 0 Å². The Hall–Kier alpha value is -1.40. The van der Waals surface area contributed by atoms with Crippen LogP contribution in [0.2, 0.25) is 0 Å². The van der Waals surface area contributed by atoms with E-state index < -0.39 is 0 Å². The van der Waals surface area contributed by atoms with Crippen molar-refractivity contribution in [3.05, 3.63) is 12.7 Å². The van der Waals surface area contributed by atoms with Gasteiger partial charge in [0.1, 0.15) is 0 Å². The van der Waals surface area contributed by atoms with E-state index in [4.69, 9.17) is 4.74 Å². The van der Waals surface area contributed by atoms with E-state index in [-0.39, 0.29) is 24.4 Å². The molecule has 1 heterocycles. The zero-order valence-corrected chi connectivity index (χ0v) is 10.7. The first-order valence-corrected chi connectivity index (χ1v) is 5.94. The van der Waals surface area contributed by atoms with Crippen molar-refractivity contribution in [3.63, 3.8) is 0 Å². The Labute approximate surface area is 107 Å². The first-order chi connectivity index (χ1) is 8.65. The molecule has 0 aromatic rings. The highest BCUT2D eigenvalue weighted by atomic mass is 16.5. The van der Waals surface area contributed by atoms with Gasteiger partial charge in [-0.1, -0.05) is 6.08 Å². The van der Waals surface area contributed by atoms with E-state index in [9.17, 15) is 9.59 Å². The van der Waals surface area contributed by atoms with Crippen molar-refractivity contribution in [3.8, 4) is 0 Å². The molecule has 1 unspecified atom stereocenters. The average molecular weight is 256 g/mol. The normalized spacial score (nSPS) is 20.2. The van der Waals surface area contributed by atoms with Crippen molar-refractivity contribution in [1.29, 1.82) is 0 Å². The van der Waals surface area contributed by atoms with Gasteiger partial charge in [-0.25, -0.2) is 0 Å². The van der Waals surface area contributed by atoms with Gasteiger partial charge < -0.3 is 14.8 Å².